The molecule has 6 aromatic rings. The highest BCUT2D eigenvalue weighted by atomic mass is 16.5. The number of ether oxygens (including phenoxy) is 2. The lowest BCUT2D eigenvalue weighted by Gasteiger charge is -2.28. The molecule has 0 saturated heterocycles. The summed E-state index contributed by atoms with van der Waals surface area (Å²) in [6.07, 6.45) is 2.06. The van der Waals surface area contributed by atoms with Crippen LogP contribution in [-0.4, -0.2) is 14.2 Å². The Morgan fingerprint density at radius 1 is 0.429 bits per heavy atom. The average molecular weight is 549 g/mol. The molecule has 0 amide bonds. The van der Waals surface area contributed by atoms with Gasteiger partial charge < -0.3 is 19.3 Å². The summed E-state index contributed by atoms with van der Waals surface area (Å²) in [4.78, 5) is 4.66. The molecule has 206 valence electrons. The highest BCUT2D eigenvalue weighted by Gasteiger charge is 2.22. The lowest BCUT2D eigenvalue weighted by Crippen LogP contribution is -2.11. The van der Waals surface area contributed by atoms with Gasteiger partial charge in [0.25, 0.3) is 0 Å². The Balaban J connectivity index is 1.40. The van der Waals surface area contributed by atoms with Crippen molar-refractivity contribution in [1.82, 2.24) is 0 Å². The van der Waals surface area contributed by atoms with Crippen LogP contribution in [-0.2, 0) is 12.8 Å². The molecule has 1 aliphatic rings. The van der Waals surface area contributed by atoms with Crippen molar-refractivity contribution in [3.05, 3.63) is 145 Å². The van der Waals surface area contributed by atoms with Gasteiger partial charge in [-0.05, 0) is 132 Å². The maximum Gasteiger partial charge on any atom is 0.119 e. The topological polar surface area (TPSA) is 24.9 Å². The number of hydrogen-bond acceptors (Lipinski definition) is 4. The van der Waals surface area contributed by atoms with Crippen molar-refractivity contribution in [1.29, 1.82) is 0 Å². The Morgan fingerprint density at radius 3 is 1.19 bits per heavy atom. The minimum Gasteiger partial charge on any atom is -0.497 e. The minimum absolute atomic E-state index is 0.845. The van der Waals surface area contributed by atoms with Crippen LogP contribution in [0.1, 0.15) is 11.1 Å². The van der Waals surface area contributed by atoms with Gasteiger partial charge in [0.05, 0.1) is 14.2 Å². The van der Waals surface area contributed by atoms with E-state index in [1.54, 1.807) is 14.2 Å². The van der Waals surface area contributed by atoms with E-state index in [0.29, 0.717) is 0 Å². The fraction of sp³-hybridized carbons (Fsp3) is 0.105. The molecule has 7 rings (SSSR count). The second-order valence-electron chi connectivity index (χ2n) is 10.5. The molecule has 42 heavy (non-hydrogen) atoms. The third-order valence-electron chi connectivity index (χ3n) is 8.05. The summed E-state index contributed by atoms with van der Waals surface area (Å²) in [5.74, 6) is 1.69. The Morgan fingerprint density at radius 2 is 0.810 bits per heavy atom. The Labute approximate surface area is 247 Å². The SMILES string of the molecule is COc1ccc(N(c2ccccc2)c2cc3c4c(cc(N(c5ccccc5)c5ccc(OC)cc5)cc4c2)CC3)cc1. The molecule has 1 aliphatic carbocycles. The van der Waals surface area contributed by atoms with Crippen LogP contribution in [0.5, 0.6) is 11.5 Å². The summed E-state index contributed by atoms with van der Waals surface area (Å²) in [6.45, 7) is 0. The van der Waals surface area contributed by atoms with Gasteiger partial charge in [0.1, 0.15) is 11.5 Å². The summed E-state index contributed by atoms with van der Waals surface area (Å²) in [5, 5.41) is 2.63. The van der Waals surface area contributed by atoms with Crippen LogP contribution in [0.15, 0.2) is 133 Å². The summed E-state index contributed by atoms with van der Waals surface area (Å²) in [6, 6.07) is 47.1. The highest BCUT2D eigenvalue weighted by Crippen LogP contribution is 2.44. The number of anilines is 6. The predicted octanol–water partition coefficient (Wildman–Crippen LogP) is 9.90. The summed E-state index contributed by atoms with van der Waals surface area (Å²) < 4.78 is 10.9. The standard InChI is InChI=1S/C38H32N2O2/c1-41-36-19-15-32(16-20-36)39(30-9-5-3-6-10-30)34-23-27-13-14-28-24-35(26-29(25-34)38(27)28)40(31-11-7-4-8-12-31)33-17-21-37(42-2)22-18-33/h3-12,15-26H,13-14H2,1-2H3. The van der Waals surface area contributed by atoms with E-state index in [1.165, 1.54) is 21.9 Å². The zero-order valence-corrected chi connectivity index (χ0v) is 23.8. The van der Waals surface area contributed by atoms with Crippen LogP contribution < -0.4 is 19.3 Å². The Kier molecular flexibility index (Phi) is 6.73. The molecular weight excluding hydrogens is 516 g/mol. The number of hydrogen-bond donors (Lipinski definition) is 0. The van der Waals surface area contributed by atoms with Gasteiger partial charge in [-0.2, -0.15) is 0 Å². The van der Waals surface area contributed by atoms with Crippen molar-refractivity contribution < 1.29 is 9.47 Å². The zero-order valence-electron chi connectivity index (χ0n) is 23.8. The number of methoxy groups -OCH3 is 2. The van der Waals surface area contributed by atoms with E-state index < -0.39 is 0 Å². The fourth-order valence-electron chi connectivity index (χ4n) is 6.10. The van der Waals surface area contributed by atoms with Gasteiger partial charge in [-0.25, -0.2) is 0 Å². The van der Waals surface area contributed by atoms with E-state index in [0.717, 1.165) is 58.5 Å². The third-order valence-corrected chi connectivity index (χ3v) is 8.05. The number of rotatable bonds is 8. The van der Waals surface area contributed by atoms with Crippen LogP contribution in [0.4, 0.5) is 34.1 Å². The van der Waals surface area contributed by atoms with Gasteiger partial charge in [-0.15, -0.1) is 0 Å². The van der Waals surface area contributed by atoms with Crippen LogP contribution in [0.25, 0.3) is 10.8 Å². The third kappa shape index (κ3) is 4.71. The van der Waals surface area contributed by atoms with Gasteiger partial charge in [0.15, 0.2) is 0 Å². The van der Waals surface area contributed by atoms with Gasteiger partial charge in [-0.3, -0.25) is 0 Å². The van der Waals surface area contributed by atoms with Crippen molar-refractivity contribution >= 4 is 44.9 Å². The fourth-order valence-corrected chi connectivity index (χ4v) is 6.10. The van der Waals surface area contributed by atoms with Crippen LogP contribution in [0.2, 0.25) is 0 Å². The summed E-state index contributed by atoms with van der Waals surface area (Å²) in [5.41, 5.74) is 9.51. The molecule has 0 spiro atoms. The zero-order chi connectivity index (χ0) is 28.5. The largest absolute Gasteiger partial charge is 0.497 e. The molecule has 0 radical (unpaired) electrons. The van der Waals surface area contributed by atoms with Crippen molar-refractivity contribution in [2.45, 2.75) is 12.8 Å². The molecule has 0 saturated carbocycles. The van der Waals surface area contributed by atoms with Crippen molar-refractivity contribution in [3.8, 4) is 11.5 Å². The molecule has 0 N–H and O–H groups in total. The lowest BCUT2D eigenvalue weighted by atomic mass is 10.0. The highest BCUT2D eigenvalue weighted by molar-refractivity contribution is 5.99. The first-order valence-electron chi connectivity index (χ1n) is 14.3. The van der Waals surface area contributed by atoms with Crippen LogP contribution in [0.3, 0.4) is 0 Å². The van der Waals surface area contributed by atoms with E-state index >= 15 is 0 Å². The predicted molar refractivity (Wildman–Crippen MR) is 174 cm³/mol. The Bertz CT molecular complexity index is 1700. The molecule has 0 aliphatic heterocycles. The van der Waals surface area contributed by atoms with Gasteiger partial charge in [0.2, 0.25) is 0 Å². The van der Waals surface area contributed by atoms with Crippen LogP contribution >= 0.6 is 0 Å². The molecule has 0 fully saturated rings. The maximum absolute atomic E-state index is 5.45. The first kappa shape index (κ1) is 25.7. The maximum atomic E-state index is 5.45. The van der Waals surface area contributed by atoms with E-state index in [1.807, 2.05) is 24.3 Å². The van der Waals surface area contributed by atoms with E-state index in [-0.39, 0.29) is 0 Å². The number of para-hydroxylation sites is 2. The van der Waals surface area contributed by atoms with Gasteiger partial charge >= 0.3 is 0 Å². The molecule has 6 aromatic carbocycles. The van der Waals surface area contributed by atoms with Gasteiger partial charge in [-0.1, -0.05) is 36.4 Å². The quantitative estimate of drug-likeness (QED) is 0.189. The molecule has 0 atom stereocenters. The first-order valence-corrected chi connectivity index (χ1v) is 14.3. The van der Waals surface area contributed by atoms with Gasteiger partial charge in [0, 0.05) is 34.1 Å². The molecule has 4 heteroatoms. The Hall–Kier alpha value is -5.22. The van der Waals surface area contributed by atoms with Crippen molar-refractivity contribution in [2.75, 3.05) is 24.0 Å². The second kappa shape index (κ2) is 11.0. The van der Waals surface area contributed by atoms with E-state index in [9.17, 15) is 0 Å². The van der Waals surface area contributed by atoms with Crippen molar-refractivity contribution in [2.24, 2.45) is 0 Å². The summed E-state index contributed by atoms with van der Waals surface area (Å²) >= 11 is 0. The molecule has 4 nitrogen and oxygen atoms in total. The van der Waals surface area contributed by atoms with E-state index in [2.05, 4.69) is 119 Å². The number of nitrogens with zero attached hydrogens (tertiary/aromatic N) is 2. The average Bonchev–Trinajstić information content (AvgIpc) is 3.46. The molecule has 0 aromatic heterocycles. The lowest BCUT2D eigenvalue weighted by molar-refractivity contribution is 0.414. The smallest absolute Gasteiger partial charge is 0.119 e. The number of benzene rings is 6. The monoisotopic (exact) mass is 548 g/mol. The first-order chi connectivity index (χ1) is 20.7. The summed E-state index contributed by atoms with van der Waals surface area (Å²) in [7, 11) is 3.41. The normalized spacial score (nSPS) is 11.9. The van der Waals surface area contributed by atoms with E-state index in [4.69, 9.17) is 9.47 Å². The molecular formula is C38H32N2O2. The van der Waals surface area contributed by atoms with Crippen molar-refractivity contribution in [3.63, 3.8) is 0 Å². The van der Waals surface area contributed by atoms with Crippen LogP contribution in [0, 0.1) is 0 Å². The second-order valence-corrected chi connectivity index (χ2v) is 10.5. The molecule has 0 unspecified atom stereocenters. The molecule has 0 heterocycles. The number of aryl methyl sites for hydroxylation is 2. The minimum atomic E-state index is 0.845. The molecule has 0 bridgehead atoms.